The first-order valence-electron chi connectivity index (χ1n) is 13.3. The monoisotopic (exact) mass is 506 g/mol. The summed E-state index contributed by atoms with van der Waals surface area (Å²) < 4.78 is 11.3. The number of nitrogens with one attached hydrogen (secondary N) is 2. The Bertz CT molecular complexity index is 911. The second-order valence-corrected chi connectivity index (χ2v) is 12.1. The normalized spacial score (nSPS) is 46.3. The molecule has 4 aliphatic rings. The molecule has 0 aromatic heterocycles. The van der Waals surface area contributed by atoms with Crippen molar-refractivity contribution >= 4 is 18.0 Å². The maximum absolute atomic E-state index is 13.4. The van der Waals surface area contributed by atoms with E-state index in [1.54, 1.807) is 6.08 Å². The average molecular weight is 507 g/mol. The van der Waals surface area contributed by atoms with E-state index in [2.05, 4.69) is 31.1 Å². The predicted molar refractivity (Wildman–Crippen MR) is 132 cm³/mol. The van der Waals surface area contributed by atoms with Crippen LogP contribution < -0.4 is 10.6 Å². The second kappa shape index (κ2) is 9.72. The Balaban J connectivity index is 1.62. The zero-order chi connectivity index (χ0) is 26.5. The fourth-order valence-corrected chi connectivity index (χ4v) is 7.98. The summed E-state index contributed by atoms with van der Waals surface area (Å²) in [6.45, 7) is 12.5. The largest absolute Gasteiger partial charge is 0.445 e. The predicted octanol–water partition coefficient (Wildman–Crippen LogP) is 2.94. The van der Waals surface area contributed by atoms with Crippen LogP contribution in [0, 0.1) is 34.0 Å². The van der Waals surface area contributed by atoms with Crippen LogP contribution in [0.25, 0.3) is 0 Å². The molecule has 1 heterocycles. The minimum atomic E-state index is -0.943. The zero-order valence-electron chi connectivity index (χ0n) is 21.9. The smallest absolute Gasteiger partial charge is 0.416 e. The van der Waals surface area contributed by atoms with Crippen LogP contribution in [0.2, 0.25) is 0 Å². The number of rotatable bonds is 4. The van der Waals surface area contributed by atoms with Crippen molar-refractivity contribution in [2.75, 3.05) is 13.2 Å². The highest BCUT2D eigenvalue weighted by molar-refractivity contribution is 5.88. The second-order valence-electron chi connectivity index (χ2n) is 12.1. The van der Waals surface area contributed by atoms with Crippen LogP contribution in [0.4, 0.5) is 9.59 Å². The van der Waals surface area contributed by atoms with Gasteiger partial charge in [0.15, 0.2) is 0 Å². The summed E-state index contributed by atoms with van der Waals surface area (Å²) in [5.41, 5.74) is -1.78. The number of Topliss-reactive ketones (excluding diaryl/α,β-unsaturated/α-hetero) is 1. The molecule has 4 fully saturated rings. The number of carbonyl (C=O) groups is 3. The van der Waals surface area contributed by atoms with E-state index in [-0.39, 0.29) is 48.0 Å². The zero-order valence-corrected chi connectivity index (χ0v) is 21.9. The van der Waals surface area contributed by atoms with Crippen molar-refractivity contribution in [1.29, 1.82) is 0 Å². The van der Waals surface area contributed by atoms with Crippen LogP contribution >= 0.6 is 0 Å². The highest BCUT2D eigenvalue weighted by atomic mass is 16.6. The topological polar surface area (TPSA) is 134 Å². The van der Waals surface area contributed by atoms with Crippen molar-refractivity contribution in [3.63, 3.8) is 0 Å². The van der Waals surface area contributed by atoms with E-state index in [1.807, 2.05) is 13.8 Å². The molecule has 0 aromatic rings. The summed E-state index contributed by atoms with van der Waals surface area (Å²) in [4.78, 5) is 38.9. The van der Waals surface area contributed by atoms with Crippen LogP contribution in [0.1, 0.15) is 66.2 Å². The standard InChI is InChI=1S/C27H42N2O7/c1-6-25(4)13-20(36-24(34)29-23(33)35-19-9-12-28-17(19)14-30)26(5)15(2)7-10-27(16(3)22(25)32)11-8-18(31)21(26)27/h6,15-17,19-22,28,30,32H,1,7-14H2,2-5H3,(H,29,33,34)/t15?,16-,17+,19-,20+,21-,22-,25+,26+,27-/m0/s1. The Morgan fingerprint density at radius 1 is 1.19 bits per heavy atom. The van der Waals surface area contributed by atoms with Crippen molar-refractivity contribution < 1.29 is 34.1 Å². The number of hydrogen-bond donors (Lipinski definition) is 4. The van der Waals surface area contributed by atoms with E-state index < -0.39 is 41.3 Å². The van der Waals surface area contributed by atoms with Crippen molar-refractivity contribution in [2.45, 2.75) is 90.6 Å². The number of hydrogen-bond acceptors (Lipinski definition) is 8. The van der Waals surface area contributed by atoms with Crippen LogP contribution in [0.5, 0.6) is 0 Å². The minimum absolute atomic E-state index is 0.0915. The fraction of sp³-hybridized carbons (Fsp3) is 0.815. The maximum atomic E-state index is 13.4. The third-order valence-electron chi connectivity index (χ3n) is 10.5. The van der Waals surface area contributed by atoms with Gasteiger partial charge in [0.2, 0.25) is 0 Å². The Hall–Kier alpha value is -1.97. The van der Waals surface area contributed by atoms with Gasteiger partial charge in [0.1, 0.15) is 18.0 Å². The summed E-state index contributed by atoms with van der Waals surface area (Å²) in [7, 11) is 0. The highest BCUT2D eigenvalue weighted by Crippen LogP contribution is 2.67. The first-order valence-corrected chi connectivity index (χ1v) is 13.3. The van der Waals surface area contributed by atoms with Crippen molar-refractivity contribution in [3.8, 4) is 0 Å². The van der Waals surface area contributed by atoms with Gasteiger partial charge in [0, 0.05) is 23.2 Å². The first-order chi connectivity index (χ1) is 16.9. The highest BCUT2D eigenvalue weighted by Gasteiger charge is 2.68. The fourth-order valence-electron chi connectivity index (χ4n) is 7.98. The number of aliphatic hydroxyl groups excluding tert-OH is 2. The molecule has 36 heavy (non-hydrogen) atoms. The lowest BCUT2D eigenvalue weighted by Crippen LogP contribution is -2.63. The van der Waals surface area contributed by atoms with Gasteiger partial charge in [-0.15, -0.1) is 6.58 Å². The minimum Gasteiger partial charge on any atom is -0.445 e. The molecule has 1 unspecified atom stereocenters. The van der Waals surface area contributed by atoms with E-state index in [1.165, 1.54) is 0 Å². The molecule has 4 rings (SSSR count). The van der Waals surface area contributed by atoms with Gasteiger partial charge in [-0.1, -0.05) is 33.8 Å². The Morgan fingerprint density at radius 2 is 1.89 bits per heavy atom. The Kier molecular flexibility index (Phi) is 7.31. The number of ether oxygens (including phenoxy) is 2. The summed E-state index contributed by atoms with van der Waals surface area (Å²) in [6.07, 6.45) is 1.53. The molecule has 10 atom stereocenters. The molecule has 2 bridgehead atoms. The molecular weight excluding hydrogens is 464 g/mol. The summed E-state index contributed by atoms with van der Waals surface area (Å²) in [5.74, 6) is -0.197. The van der Waals surface area contributed by atoms with Crippen LogP contribution in [-0.4, -0.2) is 65.7 Å². The first kappa shape index (κ1) is 27.1. The quantitative estimate of drug-likeness (QED) is 0.428. The number of alkyl carbamates (subject to hydrolysis) is 2. The molecule has 9 nitrogen and oxygen atoms in total. The lowest BCUT2D eigenvalue weighted by atomic mass is 9.44. The van der Waals surface area contributed by atoms with Crippen LogP contribution in [-0.2, 0) is 14.3 Å². The van der Waals surface area contributed by atoms with E-state index in [4.69, 9.17) is 9.47 Å². The molecular formula is C27H42N2O7. The summed E-state index contributed by atoms with van der Waals surface area (Å²) in [6, 6.07) is -0.377. The number of carbonyl (C=O) groups excluding carboxylic acids is 3. The number of imide groups is 1. The van der Waals surface area contributed by atoms with Crippen LogP contribution in [0.3, 0.4) is 0 Å². The molecule has 3 saturated carbocycles. The van der Waals surface area contributed by atoms with E-state index in [0.29, 0.717) is 19.4 Å². The molecule has 9 heteroatoms. The van der Waals surface area contributed by atoms with Crippen molar-refractivity contribution in [1.82, 2.24) is 10.6 Å². The number of aliphatic hydroxyl groups is 2. The van der Waals surface area contributed by atoms with Gasteiger partial charge in [-0.25, -0.2) is 14.9 Å². The molecule has 1 aliphatic heterocycles. The van der Waals surface area contributed by atoms with E-state index >= 15 is 0 Å². The molecule has 0 aromatic carbocycles. The van der Waals surface area contributed by atoms with Crippen LogP contribution in [0.15, 0.2) is 12.7 Å². The molecule has 202 valence electrons. The van der Waals surface area contributed by atoms with Gasteiger partial charge in [0.05, 0.1) is 18.8 Å². The Morgan fingerprint density at radius 3 is 2.56 bits per heavy atom. The van der Waals surface area contributed by atoms with E-state index in [0.717, 1.165) is 19.3 Å². The van der Waals surface area contributed by atoms with E-state index in [9.17, 15) is 24.6 Å². The molecule has 3 aliphatic carbocycles. The average Bonchev–Trinajstić information content (AvgIpc) is 3.43. The third-order valence-corrected chi connectivity index (χ3v) is 10.5. The van der Waals surface area contributed by atoms with Gasteiger partial charge in [-0.05, 0) is 55.9 Å². The summed E-state index contributed by atoms with van der Waals surface area (Å²) >= 11 is 0. The number of ketones is 1. The maximum Gasteiger partial charge on any atom is 0.416 e. The van der Waals surface area contributed by atoms with Gasteiger partial charge in [0.25, 0.3) is 0 Å². The molecule has 4 N–H and O–H groups in total. The number of amides is 2. The van der Waals surface area contributed by atoms with Gasteiger partial charge >= 0.3 is 12.2 Å². The molecule has 0 spiro atoms. The van der Waals surface area contributed by atoms with Crippen molar-refractivity contribution in [3.05, 3.63) is 12.7 Å². The molecule has 0 radical (unpaired) electrons. The lowest BCUT2D eigenvalue weighted by Gasteiger charge is -2.61. The third kappa shape index (κ3) is 4.17. The lowest BCUT2D eigenvalue weighted by molar-refractivity contribution is -0.191. The van der Waals surface area contributed by atoms with Gasteiger partial charge < -0.3 is 25.0 Å². The van der Waals surface area contributed by atoms with Gasteiger partial charge in [-0.3, -0.25) is 4.79 Å². The van der Waals surface area contributed by atoms with Gasteiger partial charge in [-0.2, -0.15) is 0 Å². The molecule has 1 saturated heterocycles. The Labute approximate surface area is 213 Å². The molecule has 2 amide bonds. The summed E-state index contributed by atoms with van der Waals surface area (Å²) in [5, 5.41) is 26.2. The SMILES string of the molecule is C=C[C@]1(C)C[C@@H](OC(=O)NC(=O)O[C@H]2CCN[C@@H]2CO)[C@@]2(C)C(C)CC[C@]3(CCC(=O)[C@H]32)[C@@H](C)[C@@H]1O. The van der Waals surface area contributed by atoms with Crippen molar-refractivity contribution in [2.24, 2.45) is 34.0 Å².